The van der Waals surface area contributed by atoms with Crippen molar-refractivity contribution in [3.63, 3.8) is 0 Å². The van der Waals surface area contributed by atoms with E-state index in [1.165, 1.54) is 4.90 Å². The fraction of sp³-hybridized carbons (Fsp3) is 0.438. The van der Waals surface area contributed by atoms with Crippen LogP contribution in [0.2, 0.25) is 0 Å². The zero-order valence-corrected chi connectivity index (χ0v) is 15.6. The van der Waals surface area contributed by atoms with Crippen LogP contribution in [0, 0.1) is 0 Å². The summed E-state index contributed by atoms with van der Waals surface area (Å²) in [5, 5.41) is 6.81. The van der Waals surface area contributed by atoms with Crippen LogP contribution >= 0.6 is 12.2 Å². The number of hydrazine groups is 1. The zero-order chi connectivity index (χ0) is 18.6. The van der Waals surface area contributed by atoms with Gasteiger partial charge in [-0.2, -0.15) is 5.01 Å². The molecule has 1 saturated heterocycles. The topological polar surface area (TPSA) is 87.1 Å². The Hall–Kier alpha value is -2.39. The summed E-state index contributed by atoms with van der Waals surface area (Å²) in [4.78, 5) is 26.3. The van der Waals surface area contributed by atoms with Gasteiger partial charge >= 0.3 is 6.03 Å². The molecule has 1 heterocycles. The third-order valence-corrected chi connectivity index (χ3v) is 4.22. The van der Waals surface area contributed by atoms with Gasteiger partial charge < -0.3 is 20.3 Å². The predicted molar refractivity (Wildman–Crippen MR) is 97.1 cm³/mol. The van der Waals surface area contributed by atoms with E-state index in [0.29, 0.717) is 17.9 Å². The van der Waals surface area contributed by atoms with Crippen molar-refractivity contribution in [1.29, 1.82) is 0 Å². The molecule has 0 radical (unpaired) electrons. The smallest absolute Gasteiger partial charge is 0.344 e. The lowest BCUT2D eigenvalue weighted by Crippen LogP contribution is -3.06. The molecule has 25 heavy (non-hydrogen) atoms. The number of urea groups is 1. The maximum absolute atomic E-state index is 12.8. The first-order valence-electron chi connectivity index (χ1n) is 7.92. The minimum atomic E-state index is -1.17. The lowest BCUT2D eigenvalue weighted by Gasteiger charge is -2.23. The highest BCUT2D eigenvalue weighted by atomic mass is 32.1. The molecule has 8 nitrogen and oxygen atoms in total. The van der Waals surface area contributed by atoms with E-state index in [4.69, 9.17) is 17.0 Å². The number of carbonyl (C=O) groups is 2. The molecule has 1 atom stereocenters. The summed E-state index contributed by atoms with van der Waals surface area (Å²) in [5.74, 6) is 0.248. The van der Waals surface area contributed by atoms with Crippen LogP contribution in [0.15, 0.2) is 24.3 Å². The number of ether oxygens (including phenoxy) is 1. The van der Waals surface area contributed by atoms with Gasteiger partial charge in [-0.05, 0) is 36.8 Å². The van der Waals surface area contributed by atoms with E-state index >= 15 is 0 Å². The fourth-order valence-electron chi connectivity index (χ4n) is 2.43. The van der Waals surface area contributed by atoms with E-state index in [1.54, 1.807) is 38.3 Å². The Morgan fingerprint density at radius 1 is 1.32 bits per heavy atom. The minimum Gasteiger partial charge on any atom is -0.497 e. The molecular formula is C16H24N5O3S+. The van der Waals surface area contributed by atoms with Gasteiger partial charge in [-0.25, -0.2) is 4.79 Å². The Morgan fingerprint density at radius 2 is 1.96 bits per heavy atom. The fourth-order valence-corrected chi connectivity index (χ4v) is 2.62. The molecule has 1 aliphatic heterocycles. The second kappa shape index (κ2) is 7.66. The number of benzene rings is 1. The Kier molecular flexibility index (Phi) is 5.81. The number of carbonyl (C=O) groups excluding carboxylic acids is 2. The van der Waals surface area contributed by atoms with Crippen LogP contribution in [0.1, 0.15) is 12.5 Å². The van der Waals surface area contributed by atoms with Crippen LogP contribution in [0.4, 0.5) is 4.79 Å². The van der Waals surface area contributed by atoms with Crippen LogP contribution in [-0.2, 0) is 10.3 Å². The molecule has 1 aliphatic rings. The average Bonchev–Trinajstić information content (AvgIpc) is 2.79. The van der Waals surface area contributed by atoms with Gasteiger partial charge in [-0.1, -0.05) is 12.1 Å². The van der Waals surface area contributed by atoms with E-state index < -0.39 is 17.5 Å². The van der Waals surface area contributed by atoms with E-state index in [0.717, 1.165) is 11.6 Å². The van der Waals surface area contributed by atoms with E-state index in [-0.39, 0.29) is 5.11 Å². The number of thiocarbonyl (C=S) groups is 1. The number of likely N-dealkylation sites (N-methyl/N-ethyl adjacent to an activating group) is 1. The Balaban J connectivity index is 2.06. The first kappa shape index (κ1) is 18.9. The van der Waals surface area contributed by atoms with Crippen molar-refractivity contribution in [3.8, 4) is 5.75 Å². The van der Waals surface area contributed by atoms with Gasteiger partial charge in [0.05, 0.1) is 34.3 Å². The maximum Gasteiger partial charge on any atom is 0.344 e. The van der Waals surface area contributed by atoms with E-state index in [2.05, 4.69) is 16.1 Å². The van der Waals surface area contributed by atoms with Crippen molar-refractivity contribution in [2.45, 2.75) is 12.5 Å². The first-order valence-corrected chi connectivity index (χ1v) is 8.33. The van der Waals surface area contributed by atoms with Crippen LogP contribution < -0.4 is 25.7 Å². The highest BCUT2D eigenvalue weighted by Gasteiger charge is 2.49. The molecule has 9 heteroatoms. The third kappa shape index (κ3) is 4.18. The second-order valence-electron chi connectivity index (χ2n) is 6.25. The SMILES string of the molecule is COc1ccc([C@]2(C)NC(=O)N(NC(=S)NCC[NH+](C)C)C2=O)cc1. The number of imide groups is 1. The van der Waals surface area contributed by atoms with Crippen molar-refractivity contribution >= 4 is 29.3 Å². The predicted octanol–water partition coefficient (Wildman–Crippen LogP) is -1.01. The van der Waals surface area contributed by atoms with Crippen molar-refractivity contribution in [3.05, 3.63) is 29.8 Å². The first-order chi connectivity index (χ1) is 11.8. The third-order valence-electron chi connectivity index (χ3n) is 3.98. The normalized spacial score (nSPS) is 19.8. The lowest BCUT2D eigenvalue weighted by molar-refractivity contribution is -0.856. The molecular weight excluding hydrogens is 342 g/mol. The summed E-state index contributed by atoms with van der Waals surface area (Å²) in [5.41, 5.74) is 2.15. The Morgan fingerprint density at radius 3 is 2.52 bits per heavy atom. The standard InChI is InChI=1S/C16H23N5O3S/c1-16(11-5-7-12(24-4)8-6-11)13(22)21(15(23)18-16)19-14(25)17-9-10-20(2)3/h5-8H,9-10H2,1-4H3,(H,18,23)(H2,17,19,25)/p+1/t16-/m0/s1. The van der Waals surface area contributed by atoms with Crippen LogP contribution in [-0.4, -0.2) is 56.4 Å². The van der Waals surface area contributed by atoms with Crippen LogP contribution in [0.3, 0.4) is 0 Å². The number of methoxy groups -OCH3 is 1. The summed E-state index contributed by atoms with van der Waals surface area (Å²) < 4.78 is 5.12. The van der Waals surface area contributed by atoms with Crippen molar-refractivity contribution in [2.75, 3.05) is 34.3 Å². The molecule has 0 unspecified atom stereocenters. The lowest BCUT2D eigenvalue weighted by atomic mass is 9.92. The molecule has 136 valence electrons. The summed E-state index contributed by atoms with van der Waals surface area (Å²) >= 11 is 5.15. The molecule has 0 saturated carbocycles. The Labute approximate surface area is 152 Å². The molecule has 2 rings (SSSR count). The van der Waals surface area contributed by atoms with Gasteiger partial charge in [0.15, 0.2) is 5.11 Å². The minimum absolute atomic E-state index is 0.226. The second-order valence-corrected chi connectivity index (χ2v) is 6.66. The summed E-state index contributed by atoms with van der Waals surface area (Å²) in [6, 6.07) is 6.43. The van der Waals surface area contributed by atoms with Gasteiger partial charge in [0.25, 0.3) is 5.91 Å². The number of nitrogens with zero attached hydrogens (tertiary/aromatic N) is 1. The number of amides is 3. The quantitative estimate of drug-likeness (QED) is 0.381. The summed E-state index contributed by atoms with van der Waals surface area (Å²) in [7, 11) is 5.61. The van der Waals surface area contributed by atoms with E-state index in [9.17, 15) is 9.59 Å². The molecule has 3 amide bonds. The van der Waals surface area contributed by atoms with Gasteiger partial charge in [0, 0.05) is 0 Å². The monoisotopic (exact) mass is 366 g/mol. The number of rotatable bonds is 6. The Bertz CT molecular complexity index is 664. The number of hydrogen-bond acceptors (Lipinski definition) is 4. The number of quaternary nitrogens is 1. The number of hydrogen-bond donors (Lipinski definition) is 4. The van der Waals surface area contributed by atoms with Crippen molar-refractivity contribution in [2.24, 2.45) is 0 Å². The zero-order valence-electron chi connectivity index (χ0n) is 14.8. The van der Waals surface area contributed by atoms with Crippen molar-refractivity contribution < 1.29 is 19.2 Å². The summed E-state index contributed by atoms with van der Waals surface area (Å²) in [6.07, 6.45) is 0. The van der Waals surface area contributed by atoms with Crippen LogP contribution in [0.5, 0.6) is 5.75 Å². The summed E-state index contributed by atoms with van der Waals surface area (Å²) in [6.45, 7) is 3.14. The maximum atomic E-state index is 12.8. The van der Waals surface area contributed by atoms with Crippen LogP contribution in [0.25, 0.3) is 0 Å². The molecule has 0 aromatic heterocycles. The van der Waals surface area contributed by atoms with Gasteiger partial charge in [-0.15, -0.1) is 0 Å². The largest absolute Gasteiger partial charge is 0.497 e. The van der Waals surface area contributed by atoms with Crippen molar-refractivity contribution in [1.82, 2.24) is 21.1 Å². The highest BCUT2D eigenvalue weighted by Crippen LogP contribution is 2.29. The van der Waals surface area contributed by atoms with Gasteiger partial charge in [0.2, 0.25) is 0 Å². The average molecular weight is 366 g/mol. The molecule has 0 bridgehead atoms. The molecule has 1 aromatic rings. The highest BCUT2D eigenvalue weighted by molar-refractivity contribution is 7.80. The molecule has 1 aromatic carbocycles. The molecule has 4 N–H and O–H groups in total. The molecule has 1 fully saturated rings. The molecule has 0 aliphatic carbocycles. The van der Waals surface area contributed by atoms with E-state index in [1.807, 2.05) is 14.1 Å². The number of nitrogens with one attached hydrogen (secondary N) is 4. The van der Waals surface area contributed by atoms with Gasteiger partial charge in [0.1, 0.15) is 11.3 Å². The molecule has 0 spiro atoms. The van der Waals surface area contributed by atoms with Gasteiger partial charge in [-0.3, -0.25) is 10.2 Å².